The Morgan fingerprint density at radius 3 is 2.34 bits per heavy atom. The van der Waals surface area contributed by atoms with Crippen molar-refractivity contribution >= 4 is 27.5 Å². The van der Waals surface area contributed by atoms with Gasteiger partial charge in [0.05, 0.1) is 17.7 Å². The summed E-state index contributed by atoms with van der Waals surface area (Å²) >= 11 is 0. The Labute approximate surface area is 241 Å². The number of para-hydroxylation sites is 1. The van der Waals surface area contributed by atoms with Crippen LogP contribution in [0.5, 0.6) is 5.75 Å². The molecule has 1 N–H and O–H groups in total. The van der Waals surface area contributed by atoms with Crippen molar-refractivity contribution in [3.05, 3.63) is 90.2 Å². The van der Waals surface area contributed by atoms with E-state index in [1.165, 1.54) is 42.3 Å². The zero-order valence-corrected chi connectivity index (χ0v) is 24.1. The van der Waals surface area contributed by atoms with Gasteiger partial charge in [0, 0.05) is 12.6 Å². The van der Waals surface area contributed by atoms with Gasteiger partial charge in [0.2, 0.25) is 11.8 Å². The average Bonchev–Trinajstić information content (AvgIpc) is 3.49. The lowest BCUT2D eigenvalue weighted by atomic mass is 10.1. The normalized spacial score (nSPS) is 14.3. The number of halogens is 1. The van der Waals surface area contributed by atoms with E-state index in [4.69, 9.17) is 4.74 Å². The second-order valence-electron chi connectivity index (χ2n) is 10.1. The number of benzene rings is 3. The van der Waals surface area contributed by atoms with E-state index in [1.54, 1.807) is 49.4 Å². The van der Waals surface area contributed by atoms with Gasteiger partial charge in [-0.05, 0) is 61.2 Å². The number of amides is 2. The van der Waals surface area contributed by atoms with Crippen molar-refractivity contribution in [2.24, 2.45) is 0 Å². The number of sulfonamides is 1. The monoisotopic (exact) mass is 581 g/mol. The minimum atomic E-state index is -4.33. The summed E-state index contributed by atoms with van der Waals surface area (Å²) in [5.41, 5.74) is 0.447. The number of anilines is 1. The van der Waals surface area contributed by atoms with Crippen LogP contribution in [-0.4, -0.2) is 50.9 Å². The quantitative estimate of drug-likeness (QED) is 0.329. The molecule has 1 atom stereocenters. The smallest absolute Gasteiger partial charge is 0.264 e. The summed E-state index contributed by atoms with van der Waals surface area (Å²) in [7, 11) is -2.80. The van der Waals surface area contributed by atoms with Crippen LogP contribution in [0.2, 0.25) is 0 Å². The van der Waals surface area contributed by atoms with Crippen LogP contribution in [0.4, 0.5) is 10.1 Å². The molecule has 1 fully saturated rings. The number of carbonyl (C=O) groups excluding carboxylic acids is 2. The lowest BCUT2D eigenvalue weighted by Crippen LogP contribution is -2.53. The second-order valence-corrected chi connectivity index (χ2v) is 11.9. The predicted octanol–water partition coefficient (Wildman–Crippen LogP) is 4.90. The highest BCUT2D eigenvalue weighted by atomic mass is 32.2. The first-order valence-corrected chi connectivity index (χ1v) is 15.2. The molecule has 0 aliphatic heterocycles. The van der Waals surface area contributed by atoms with Crippen molar-refractivity contribution in [2.45, 2.75) is 62.6 Å². The van der Waals surface area contributed by atoms with Crippen molar-refractivity contribution in [2.75, 3.05) is 18.0 Å². The molecule has 8 nitrogen and oxygen atoms in total. The third-order valence-corrected chi connectivity index (χ3v) is 9.08. The van der Waals surface area contributed by atoms with Crippen molar-refractivity contribution in [1.82, 2.24) is 10.2 Å². The Morgan fingerprint density at radius 1 is 1.00 bits per heavy atom. The Bertz CT molecular complexity index is 1440. The Hall–Kier alpha value is -3.92. The summed E-state index contributed by atoms with van der Waals surface area (Å²) in [6.07, 6.45) is 4.12. The number of hydrogen-bond acceptors (Lipinski definition) is 5. The van der Waals surface area contributed by atoms with E-state index in [2.05, 4.69) is 5.32 Å². The number of ether oxygens (including phenoxy) is 1. The molecule has 4 rings (SSSR count). The number of carbonyl (C=O) groups is 2. The van der Waals surface area contributed by atoms with Crippen LogP contribution in [0, 0.1) is 5.82 Å². The zero-order chi connectivity index (χ0) is 29.4. The van der Waals surface area contributed by atoms with Crippen molar-refractivity contribution in [3.8, 4) is 5.75 Å². The van der Waals surface area contributed by atoms with Gasteiger partial charge in [-0.25, -0.2) is 12.8 Å². The number of hydrogen-bond donors (Lipinski definition) is 1. The highest BCUT2D eigenvalue weighted by Gasteiger charge is 2.35. The molecule has 10 heteroatoms. The predicted molar refractivity (Wildman–Crippen MR) is 155 cm³/mol. The molecule has 3 aromatic carbocycles. The average molecular weight is 582 g/mol. The van der Waals surface area contributed by atoms with E-state index in [0.717, 1.165) is 36.1 Å². The third kappa shape index (κ3) is 7.24. The first-order chi connectivity index (χ1) is 19.7. The van der Waals surface area contributed by atoms with Crippen LogP contribution in [0.3, 0.4) is 0 Å². The van der Waals surface area contributed by atoms with Gasteiger partial charge in [-0.3, -0.25) is 13.9 Å². The fourth-order valence-electron chi connectivity index (χ4n) is 5.14. The lowest BCUT2D eigenvalue weighted by molar-refractivity contribution is -0.140. The fourth-order valence-corrected chi connectivity index (χ4v) is 6.58. The summed E-state index contributed by atoms with van der Waals surface area (Å²) in [5, 5.41) is 3.07. The van der Waals surface area contributed by atoms with Crippen LogP contribution >= 0.6 is 0 Å². The molecule has 1 aliphatic rings. The molecule has 0 bridgehead atoms. The van der Waals surface area contributed by atoms with E-state index in [-0.39, 0.29) is 29.1 Å². The summed E-state index contributed by atoms with van der Waals surface area (Å²) in [5.74, 6) is -1.13. The Balaban J connectivity index is 1.72. The first-order valence-electron chi connectivity index (χ1n) is 13.8. The standard InChI is InChI=1S/C31H36FN3O5S/c1-3-28(31(37)33-24-13-7-8-14-24)34(21-23-12-11-15-25(20-23)40-2)30(36)22-35(29-19-10-9-18-27(29)32)41(38,39)26-16-5-4-6-17-26/h4-6,9-12,15-20,24,28H,3,7-8,13-14,21-22H2,1-2H3,(H,33,37)/t28-/m1/s1. The molecular formula is C31H36FN3O5S. The molecule has 0 unspecified atom stereocenters. The van der Waals surface area contributed by atoms with E-state index in [1.807, 2.05) is 0 Å². The zero-order valence-electron chi connectivity index (χ0n) is 23.3. The third-order valence-electron chi connectivity index (χ3n) is 7.31. The van der Waals surface area contributed by atoms with Crippen molar-refractivity contribution < 1.29 is 27.1 Å². The number of methoxy groups -OCH3 is 1. The summed E-state index contributed by atoms with van der Waals surface area (Å²) in [4.78, 5) is 28.9. The molecule has 0 aromatic heterocycles. The molecule has 0 radical (unpaired) electrons. The Kier molecular flexibility index (Phi) is 9.99. The molecule has 3 aromatic rings. The van der Waals surface area contributed by atoms with E-state index < -0.39 is 34.3 Å². The Morgan fingerprint density at radius 2 is 1.68 bits per heavy atom. The van der Waals surface area contributed by atoms with Crippen LogP contribution in [-0.2, 0) is 26.2 Å². The second kappa shape index (κ2) is 13.6. The van der Waals surface area contributed by atoms with Crippen molar-refractivity contribution in [1.29, 1.82) is 0 Å². The van der Waals surface area contributed by atoms with Crippen LogP contribution in [0.25, 0.3) is 0 Å². The van der Waals surface area contributed by atoms with Gasteiger partial charge in [0.25, 0.3) is 10.0 Å². The summed E-state index contributed by atoms with van der Waals surface area (Å²) < 4.78 is 48.7. The van der Waals surface area contributed by atoms with Gasteiger partial charge < -0.3 is 15.0 Å². The SMILES string of the molecule is CC[C@H](C(=O)NC1CCCC1)N(Cc1cccc(OC)c1)C(=O)CN(c1ccccc1F)S(=O)(=O)c1ccccc1. The summed E-state index contributed by atoms with van der Waals surface area (Å²) in [6.45, 7) is 1.14. The largest absolute Gasteiger partial charge is 0.497 e. The first kappa shape index (κ1) is 30.0. The van der Waals surface area contributed by atoms with Gasteiger partial charge >= 0.3 is 0 Å². The van der Waals surface area contributed by atoms with Crippen LogP contribution in [0.1, 0.15) is 44.6 Å². The maximum Gasteiger partial charge on any atom is 0.264 e. The maximum absolute atomic E-state index is 15.0. The molecule has 41 heavy (non-hydrogen) atoms. The van der Waals surface area contributed by atoms with Gasteiger partial charge in [-0.1, -0.05) is 62.2 Å². The molecule has 0 spiro atoms. The molecule has 1 saturated carbocycles. The highest BCUT2D eigenvalue weighted by molar-refractivity contribution is 7.92. The minimum absolute atomic E-state index is 0.0309. The number of rotatable bonds is 12. The van der Waals surface area contributed by atoms with Crippen molar-refractivity contribution in [3.63, 3.8) is 0 Å². The molecule has 0 heterocycles. The molecule has 2 amide bonds. The van der Waals surface area contributed by atoms with Gasteiger partial charge in [-0.2, -0.15) is 0 Å². The van der Waals surface area contributed by atoms with Crippen LogP contribution in [0.15, 0.2) is 83.8 Å². The summed E-state index contributed by atoms with van der Waals surface area (Å²) in [6, 6.07) is 19.3. The van der Waals surface area contributed by atoms with Gasteiger partial charge in [-0.15, -0.1) is 0 Å². The number of nitrogens with one attached hydrogen (secondary N) is 1. The highest BCUT2D eigenvalue weighted by Crippen LogP contribution is 2.27. The molecule has 0 saturated heterocycles. The lowest BCUT2D eigenvalue weighted by Gasteiger charge is -2.34. The van der Waals surface area contributed by atoms with E-state index in [0.29, 0.717) is 17.7 Å². The number of nitrogens with zero attached hydrogens (tertiary/aromatic N) is 2. The maximum atomic E-state index is 15.0. The minimum Gasteiger partial charge on any atom is -0.497 e. The van der Waals surface area contributed by atoms with E-state index >= 15 is 4.39 Å². The topological polar surface area (TPSA) is 96.0 Å². The molecular weight excluding hydrogens is 545 g/mol. The van der Waals surface area contributed by atoms with Gasteiger partial charge in [0.15, 0.2) is 0 Å². The van der Waals surface area contributed by atoms with Gasteiger partial charge in [0.1, 0.15) is 24.2 Å². The fraction of sp³-hybridized carbons (Fsp3) is 0.355. The molecule has 1 aliphatic carbocycles. The van der Waals surface area contributed by atoms with Crippen LogP contribution < -0.4 is 14.4 Å². The molecule has 218 valence electrons. The van der Waals surface area contributed by atoms with E-state index in [9.17, 15) is 18.0 Å².